The number of benzene rings is 2. The van der Waals surface area contributed by atoms with Crippen molar-refractivity contribution in [1.29, 1.82) is 0 Å². The van der Waals surface area contributed by atoms with E-state index in [4.69, 9.17) is 0 Å². The molecule has 0 atom stereocenters. The Kier molecular flexibility index (Phi) is 8.79. The summed E-state index contributed by atoms with van der Waals surface area (Å²) in [7, 11) is -3.35. The molecule has 8 heteroatoms. The summed E-state index contributed by atoms with van der Waals surface area (Å²) in [6.07, 6.45) is 1.97. The first-order chi connectivity index (χ1) is 13.5. The number of aliphatic imine (C=N–C) groups is 1. The topological polar surface area (TPSA) is 70.6 Å². The van der Waals surface area contributed by atoms with Crippen LogP contribution < -0.4 is 10.6 Å². The molecular formula is C20H26FN3O2S2. The van der Waals surface area contributed by atoms with Gasteiger partial charge in [-0.05, 0) is 48.6 Å². The molecule has 0 fully saturated rings. The van der Waals surface area contributed by atoms with Gasteiger partial charge in [-0.25, -0.2) is 17.8 Å². The zero-order valence-corrected chi connectivity index (χ0v) is 17.7. The third-order valence-electron chi connectivity index (χ3n) is 3.99. The number of guanidine groups is 1. The predicted molar refractivity (Wildman–Crippen MR) is 115 cm³/mol. The average Bonchev–Trinajstić information content (AvgIpc) is 2.68. The first-order valence-electron chi connectivity index (χ1n) is 9.02. The van der Waals surface area contributed by atoms with Gasteiger partial charge in [-0.2, -0.15) is 11.8 Å². The van der Waals surface area contributed by atoms with Crippen LogP contribution in [-0.4, -0.2) is 39.5 Å². The lowest BCUT2D eigenvalue weighted by Crippen LogP contribution is -2.39. The van der Waals surface area contributed by atoms with Crippen LogP contribution in [0.4, 0.5) is 4.39 Å². The largest absolute Gasteiger partial charge is 0.357 e. The number of hydrogen-bond donors (Lipinski definition) is 2. The molecule has 2 aromatic rings. The Bertz CT molecular complexity index is 888. The van der Waals surface area contributed by atoms with E-state index in [1.807, 2.05) is 13.2 Å². The van der Waals surface area contributed by atoms with Crippen LogP contribution in [0, 0.1) is 5.82 Å². The smallest absolute Gasteiger partial charge is 0.191 e. The normalized spacial score (nSPS) is 12.0. The Morgan fingerprint density at radius 1 is 1.11 bits per heavy atom. The van der Waals surface area contributed by atoms with Crippen LogP contribution in [0.15, 0.2) is 58.4 Å². The second-order valence-corrected chi connectivity index (χ2v) is 9.08. The first-order valence-corrected chi connectivity index (χ1v) is 12.1. The molecule has 0 amide bonds. The lowest BCUT2D eigenvalue weighted by atomic mass is 10.1. The van der Waals surface area contributed by atoms with E-state index in [0.717, 1.165) is 11.1 Å². The van der Waals surface area contributed by atoms with Gasteiger partial charge in [0.25, 0.3) is 0 Å². The van der Waals surface area contributed by atoms with Crippen LogP contribution >= 0.6 is 11.8 Å². The monoisotopic (exact) mass is 423 g/mol. The molecule has 5 nitrogen and oxygen atoms in total. The molecule has 2 aromatic carbocycles. The molecule has 0 aliphatic rings. The summed E-state index contributed by atoms with van der Waals surface area (Å²) in [6.45, 7) is 3.22. The maximum absolute atomic E-state index is 13.5. The van der Waals surface area contributed by atoms with Crippen LogP contribution in [0.5, 0.6) is 0 Å². The highest BCUT2D eigenvalue weighted by Gasteiger charge is 2.13. The summed E-state index contributed by atoms with van der Waals surface area (Å²) in [5, 5.41) is 6.17. The molecule has 0 bridgehead atoms. The highest BCUT2D eigenvalue weighted by molar-refractivity contribution is 7.97. The van der Waals surface area contributed by atoms with Gasteiger partial charge in [0.05, 0.1) is 17.2 Å². The van der Waals surface area contributed by atoms with Gasteiger partial charge < -0.3 is 10.6 Å². The molecule has 0 aliphatic heterocycles. The molecule has 0 aromatic heterocycles. The molecule has 28 heavy (non-hydrogen) atoms. The Morgan fingerprint density at radius 2 is 1.86 bits per heavy atom. The van der Waals surface area contributed by atoms with E-state index in [-0.39, 0.29) is 18.1 Å². The third kappa shape index (κ3) is 6.83. The van der Waals surface area contributed by atoms with Crippen molar-refractivity contribution in [2.45, 2.75) is 24.1 Å². The van der Waals surface area contributed by atoms with Crippen molar-refractivity contribution < 1.29 is 12.8 Å². The molecule has 0 radical (unpaired) electrons. The molecule has 152 valence electrons. The van der Waals surface area contributed by atoms with Crippen molar-refractivity contribution in [2.75, 3.05) is 25.1 Å². The second kappa shape index (κ2) is 11.1. The fourth-order valence-electron chi connectivity index (χ4n) is 2.59. The summed E-state index contributed by atoms with van der Waals surface area (Å²) in [5.74, 6) is 0.954. The van der Waals surface area contributed by atoms with Crippen LogP contribution in [0.1, 0.15) is 18.1 Å². The van der Waals surface area contributed by atoms with E-state index >= 15 is 0 Å². The molecular weight excluding hydrogens is 397 g/mol. The van der Waals surface area contributed by atoms with Gasteiger partial charge in [-0.3, -0.25) is 0 Å². The SMILES string of the molecule is CCNC(=NCc1ccc(F)cc1CSC)NCCS(=O)(=O)c1ccccc1. The third-order valence-corrected chi connectivity index (χ3v) is 6.32. The minimum absolute atomic E-state index is 0.0320. The average molecular weight is 424 g/mol. The van der Waals surface area contributed by atoms with Crippen molar-refractivity contribution in [1.82, 2.24) is 10.6 Å². The Balaban J connectivity index is 2.01. The van der Waals surface area contributed by atoms with Crippen molar-refractivity contribution in [3.05, 3.63) is 65.5 Å². The van der Waals surface area contributed by atoms with E-state index in [1.165, 1.54) is 12.1 Å². The summed E-state index contributed by atoms with van der Waals surface area (Å²) >= 11 is 1.62. The van der Waals surface area contributed by atoms with Crippen molar-refractivity contribution in [3.63, 3.8) is 0 Å². The highest BCUT2D eigenvalue weighted by Crippen LogP contribution is 2.17. The van der Waals surface area contributed by atoms with E-state index in [9.17, 15) is 12.8 Å². The number of hydrogen-bond acceptors (Lipinski definition) is 4. The molecule has 2 rings (SSSR count). The number of nitrogens with one attached hydrogen (secondary N) is 2. The van der Waals surface area contributed by atoms with E-state index in [2.05, 4.69) is 15.6 Å². The summed E-state index contributed by atoms with van der Waals surface area (Å²) in [4.78, 5) is 4.83. The number of sulfone groups is 1. The van der Waals surface area contributed by atoms with E-state index in [0.29, 0.717) is 29.7 Å². The fourth-order valence-corrected chi connectivity index (χ4v) is 4.35. The second-order valence-electron chi connectivity index (χ2n) is 6.10. The van der Waals surface area contributed by atoms with E-state index in [1.54, 1.807) is 48.2 Å². The minimum Gasteiger partial charge on any atom is -0.357 e. The summed E-state index contributed by atoms with van der Waals surface area (Å²) < 4.78 is 38.2. The lowest BCUT2D eigenvalue weighted by Gasteiger charge is -2.13. The number of thioether (sulfide) groups is 1. The van der Waals surface area contributed by atoms with Gasteiger partial charge in [0.15, 0.2) is 15.8 Å². The van der Waals surface area contributed by atoms with Crippen LogP contribution in [0.3, 0.4) is 0 Å². The molecule has 0 saturated heterocycles. The predicted octanol–water partition coefficient (Wildman–Crippen LogP) is 3.22. The van der Waals surface area contributed by atoms with Crippen molar-refractivity contribution in [2.24, 2.45) is 4.99 Å². The molecule has 0 saturated carbocycles. The fraction of sp³-hybridized carbons (Fsp3) is 0.350. The van der Waals surface area contributed by atoms with Gasteiger partial charge in [0.1, 0.15) is 5.82 Å². The van der Waals surface area contributed by atoms with Crippen LogP contribution in [0.2, 0.25) is 0 Å². The quantitative estimate of drug-likeness (QED) is 0.479. The lowest BCUT2D eigenvalue weighted by molar-refractivity contribution is 0.594. The zero-order valence-electron chi connectivity index (χ0n) is 16.1. The number of halogens is 1. The van der Waals surface area contributed by atoms with Gasteiger partial charge in [0, 0.05) is 18.8 Å². The minimum atomic E-state index is -3.35. The number of rotatable bonds is 9. The van der Waals surface area contributed by atoms with Gasteiger partial charge >= 0.3 is 0 Å². The maximum Gasteiger partial charge on any atom is 0.191 e. The first kappa shape index (κ1) is 22.2. The molecule has 0 spiro atoms. The van der Waals surface area contributed by atoms with E-state index < -0.39 is 9.84 Å². The standard InChI is InChI=1S/C20H26FN3O2S2/c1-3-22-20(23-11-12-28(25,26)19-7-5-4-6-8-19)24-14-16-9-10-18(21)13-17(16)15-27-2/h4-10,13H,3,11-12,14-15H2,1-2H3,(H2,22,23,24). The zero-order chi connectivity index (χ0) is 20.4. The molecule has 2 N–H and O–H groups in total. The van der Waals surface area contributed by atoms with Gasteiger partial charge in [0.2, 0.25) is 0 Å². The van der Waals surface area contributed by atoms with Crippen molar-refractivity contribution >= 4 is 27.6 Å². The van der Waals surface area contributed by atoms with Gasteiger partial charge in [-0.15, -0.1) is 0 Å². The van der Waals surface area contributed by atoms with Crippen LogP contribution in [0.25, 0.3) is 0 Å². The Hall–Kier alpha value is -2.06. The summed E-state index contributed by atoms with van der Waals surface area (Å²) in [5.41, 5.74) is 1.86. The highest BCUT2D eigenvalue weighted by atomic mass is 32.2. The maximum atomic E-state index is 13.5. The van der Waals surface area contributed by atoms with Crippen LogP contribution in [-0.2, 0) is 22.1 Å². The van der Waals surface area contributed by atoms with Gasteiger partial charge in [-0.1, -0.05) is 24.3 Å². The Labute approximate surface area is 170 Å². The summed E-state index contributed by atoms with van der Waals surface area (Å²) in [6, 6.07) is 13.1. The Morgan fingerprint density at radius 3 is 2.54 bits per heavy atom. The molecule has 0 unspecified atom stereocenters. The number of nitrogens with zero attached hydrogens (tertiary/aromatic N) is 1. The molecule has 0 aliphatic carbocycles. The molecule has 0 heterocycles. The van der Waals surface area contributed by atoms with Crippen molar-refractivity contribution in [3.8, 4) is 0 Å².